The highest BCUT2D eigenvalue weighted by molar-refractivity contribution is 5.78. The topological polar surface area (TPSA) is 55.8 Å². The van der Waals surface area contributed by atoms with E-state index < -0.39 is 5.60 Å². The average Bonchev–Trinajstić information content (AvgIpc) is 3.01. The van der Waals surface area contributed by atoms with Gasteiger partial charge in [-0.1, -0.05) is 0 Å². The van der Waals surface area contributed by atoms with E-state index in [0.29, 0.717) is 25.7 Å². The van der Waals surface area contributed by atoms with Crippen LogP contribution in [-0.4, -0.2) is 72.7 Å². The highest BCUT2D eigenvalue weighted by Gasteiger charge is 2.34. The summed E-state index contributed by atoms with van der Waals surface area (Å²) >= 11 is 0. The second kappa shape index (κ2) is 4.92. The Bertz CT molecular complexity index is 285. The highest BCUT2D eigenvalue weighted by Crippen LogP contribution is 2.25. The summed E-state index contributed by atoms with van der Waals surface area (Å²) in [6.45, 7) is 2.45. The number of hydrogen-bond donors (Lipinski definition) is 2. The molecule has 1 saturated heterocycles. The van der Waals surface area contributed by atoms with Gasteiger partial charge in [-0.15, -0.1) is 0 Å². The van der Waals surface area contributed by atoms with E-state index in [4.69, 9.17) is 0 Å². The standard InChI is InChI=1S/C12H23N3O2/c1-14(9-12(17)5-6-13-8-12)7-11(16)15(2)10-3-4-10/h10,13,17H,3-9H2,1-2H3. The molecule has 2 fully saturated rings. The van der Waals surface area contributed by atoms with Gasteiger partial charge in [0.05, 0.1) is 12.1 Å². The molecule has 2 aliphatic rings. The lowest BCUT2D eigenvalue weighted by atomic mass is 10.0. The maximum absolute atomic E-state index is 11.9. The molecule has 1 amide bonds. The molecule has 1 saturated carbocycles. The fourth-order valence-corrected chi connectivity index (χ4v) is 2.43. The molecule has 1 aliphatic carbocycles. The van der Waals surface area contributed by atoms with Crippen molar-refractivity contribution in [1.82, 2.24) is 15.1 Å². The summed E-state index contributed by atoms with van der Waals surface area (Å²) in [7, 11) is 3.77. The first-order chi connectivity index (χ1) is 8.00. The van der Waals surface area contributed by atoms with Crippen molar-refractivity contribution in [2.24, 2.45) is 0 Å². The van der Waals surface area contributed by atoms with Crippen LogP contribution in [0.2, 0.25) is 0 Å². The van der Waals surface area contributed by atoms with E-state index in [-0.39, 0.29) is 5.91 Å². The Kier molecular flexibility index (Phi) is 3.70. The number of hydrogen-bond acceptors (Lipinski definition) is 4. The lowest BCUT2D eigenvalue weighted by Gasteiger charge is -2.28. The molecule has 5 heteroatoms. The number of likely N-dealkylation sites (N-methyl/N-ethyl adjacent to an activating group) is 2. The summed E-state index contributed by atoms with van der Waals surface area (Å²) < 4.78 is 0. The predicted octanol–water partition coefficient (Wildman–Crippen LogP) is -0.737. The third-order valence-corrected chi connectivity index (χ3v) is 3.68. The van der Waals surface area contributed by atoms with E-state index >= 15 is 0 Å². The molecule has 17 heavy (non-hydrogen) atoms. The van der Waals surface area contributed by atoms with Gasteiger partial charge in [-0.05, 0) is 32.9 Å². The van der Waals surface area contributed by atoms with Gasteiger partial charge in [0.25, 0.3) is 0 Å². The van der Waals surface area contributed by atoms with Gasteiger partial charge in [0.2, 0.25) is 5.91 Å². The van der Waals surface area contributed by atoms with Crippen LogP contribution in [0.5, 0.6) is 0 Å². The van der Waals surface area contributed by atoms with Gasteiger partial charge in [-0.3, -0.25) is 9.69 Å². The molecule has 1 unspecified atom stereocenters. The van der Waals surface area contributed by atoms with Gasteiger partial charge in [0, 0.05) is 26.2 Å². The lowest BCUT2D eigenvalue weighted by molar-refractivity contribution is -0.131. The molecular weight excluding hydrogens is 218 g/mol. The Balaban J connectivity index is 1.76. The number of nitrogens with zero attached hydrogens (tertiary/aromatic N) is 2. The first-order valence-corrected chi connectivity index (χ1v) is 6.37. The Labute approximate surface area is 103 Å². The van der Waals surface area contributed by atoms with Crippen molar-refractivity contribution in [2.75, 3.05) is 40.3 Å². The highest BCUT2D eigenvalue weighted by atomic mass is 16.3. The SMILES string of the molecule is CN(CC(=O)N(C)C1CC1)CC1(O)CCNC1. The maximum atomic E-state index is 11.9. The normalized spacial score (nSPS) is 28.7. The molecule has 0 aromatic rings. The maximum Gasteiger partial charge on any atom is 0.236 e. The number of rotatable bonds is 5. The third kappa shape index (κ3) is 3.40. The molecule has 0 spiro atoms. The quantitative estimate of drug-likeness (QED) is 0.666. The largest absolute Gasteiger partial charge is 0.387 e. The Morgan fingerprint density at radius 1 is 1.47 bits per heavy atom. The molecule has 1 aliphatic heterocycles. The number of carbonyl (C=O) groups is 1. The average molecular weight is 241 g/mol. The van der Waals surface area contributed by atoms with Gasteiger partial charge in [-0.2, -0.15) is 0 Å². The molecule has 98 valence electrons. The van der Waals surface area contributed by atoms with E-state index in [1.807, 2.05) is 23.9 Å². The van der Waals surface area contributed by atoms with E-state index in [9.17, 15) is 9.90 Å². The number of amides is 1. The molecule has 0 bridgehead atoms. The van der Waals surface area contributed by atoms with Crippen molar-refractivity contribution >= 4 is 5.91 Å². The van der Waals surface area contributed by atoms with E-state index in [2.05, 4.69) is 5.32 Å². The van der Waals surface area contributed by atoms with Gasteiger partial charge in [-0.25, -0.2) is 0 Å². The van der Waals surface area contributed by atoms with E-state index in [0.717, 1.165) is 25.8 Å². The van der Waals surface area contributed by atoms with Crippen molar-refractivity contribution in [1.29, 1.82) is 0 Å². The molecular formula is C12H23N3O2. The van der Waals surface area contributed by atoms with Crippen LogP contribution < -0.4 is 5.32 Å². The van der Waals surface area contributed by atoms with Crippen LogP contribution in [0.1, 0.15) is 19.3 Å². The fraction of sp³-hybridized carbons (Fsp3) is 0.917. The second-order valence-corrected chi connectivity index (χ2v) is 5.56. The summed E-state index contributed by atoms with van der Waals surface area (Å²) in [5, 5.41) is 13.4. The zero-order valence-corrected chi connectivity index (χ0v) is 10.8. The molecule has 0 aromatic carbocycles. The molecule has 2 N–H and O–H groups in total. The van der Waals surface area contributed by atoms with Crippen molar-refractivity contribution < 1.29 is 9.90 Å². The lowest BCUT2D eigenvalue weighted by Crippen LogP contribution is -2.46. The minimum Gasteiger partial charge on any atom is -0.387 e. The monoisotopic (exact) mass is 241 g/mol. The van der Waals surface area contributed by atoms with Crippen molar-refractivity contribution in [3.63, 3.8) is 0 Å². The van der Waals surface area contributed by atoms with Gasteiger partial charge in [0.1, 0.15) is 0 Å². The Morgan fingerprint density at radius 2 is 2.18 bits per heavy atom. The van der Waals surface area contributed by atoms with Gasteiger partial charge in [0.15, 0.2) is 0 Å². The summed E-state index contributed by atoms with van der Waals surface area (Å²) in [4.78, 5) is 15.7. The first kappa shape index (κ1) is 12.8. The van der Waals surface area contributed by atoms with Crippen LogP contribution in [0.15, 0.2) is 0 Å². The van der Waals surface area contributed by atoms with Gasteiger partial charge < -0.3 is 15.3 Å². The number of aliphatic hydroxyl groups is 1. The minimum atomic E-state index is -0.660. The number of β-amino-alcohol motifs (C(OH)–C–C–N with tert-alkyl or cyclic N) is 1. The fourth-order valence-electron chi connectivity index (χ4n) is 2.43. The zero-order valence-electron chi connectivity index (χ0n) is 10.8. The summed E-state index contributed by atoms with van der Waals surface area (Å²) in [6, 6.07) is 0.465. The second-order valence-electron chi connectivity index (χ2n) is 5.56. The van der Waals surface area contributed by atoms with Crippen molar-refractivity contribution in [2.45, 2.75) is 30.9 Å². The van der Waals surface area contributed by atoms with Crippen LogP contribution in [-0.2, 0) is 4.79 Å². The molecule has 5 nitrogen and oxygen atoms in total. The van der Waals surface area contributed by atoms with Crippen LogP contribution in [0, 0.1) is 0 Å². The summed E-state index contributed by atoms with van der Waals surface area (Å²) in [5.41, 5.74) is -0.660. The molecule has 1 atom stereocenters. The van der Waals surface area contributed by atoms with Gasteiger partial charge >= 0.3 is 0 Å². The number of nitrogens with one attached hydrogen (secondary N) is 1. The van der Waals surface area contributed by atoms with E-state index in [1.54, 1.807) is 0 Å². The molecule has 0 aromatic heterocycles. The van der Waals surface area contributed by atoms with Crippen LogP contribution in [0.4, 0.5) is 0 Å². The molecule has 0 radical (unpaired) electrons. The van der Waals surface area contributed by atoms with Crippen molar-refractivity contribution in [3.05, 3.63) is 0 Å². The van der Waals surface area contributed by atoms with Crippen molar-refractivity contribution in [3.8, 4) is 0 Å². The van der Waals surface area contributed by atoms with Crippen LogP contribution in [0.25, 0.3) is 0 Å². The third-order valence-electron chi connectivity index (χ3n) is 3.68. The first-order valence-electron chi connectivity index (χ1n) is 6.37. The molecule has 2 rings (SSSR count). The smallest absolute Gasteiger partial charge is 0.236 e. The van der Waals surface area contributed by atoms with Crippen LogP contribution in [0.3, 0.4) is 0 Å². The summed E-state index contributed by atoms with van der Waals surface area (Å²) in [6.07, 6.45) is 3.05. The zero-order chi connectivity index (χ0) is 12.5. The Morgan fingerprint density at radius 3 is 2.71 bits per heavy atom. The number of carbonyl (C=O) groups excluding carboxylic acids is 1. The minimum absolute atomic E-state index is 0.157. The van der Waals surface area contributed by atoms with Crippen LogP contribution >= 0.6 is 0 Å². The summed E-state index contributed by atoms with van der Waals surface area (Å²) in [5.74, 6) is 0.157. The Hall–Kier alpha value is -0.650. The predicted molar refractivity (Wildman–Crippen MR) is 65.7 cm³/mol. The molecule has 1 heterocycles. The van der Waals surface area contributed by atoms with E-state index in [1.165, 1.54) is 0 Å².